The van der Waals surface area contributed by atoms with Gasteiger partial charge in [-0.2, -0.15) is 5.10 Å². The highest BCUT2D eigenvalue weighted by Crippen LogP contribution is 2.26. The van der Waals surface area contributed by atoms with Gasteiger partial charge in [0.1, 0.15) is 11.2 Å². The minimum Gasteiger partial charge on any atom is -0.354 e. The first-order valence-corrected chi connectivity index (χ1v) is 6.35. The molecule has 0 aliphatic carbocycles. The molecule has 19 heavy (non-hydrogen) atoms. The van der Waals surface area contributed by atoms with Crippen molar-refractivity contribution in [1.82, 2.24) is 19.9 Å². The van der Waals surface area contributed by atoms with Crippen LogP contribution in [0.3, 0.4) is 0 Å². The van der Waals surface area contributed by atoms with Gasteiger partial charge in [-0.3, -0.25) is 4.68 Å². The molecule has 0 N–H and O–H groups in total. The zero-order chi connectivity index (χ0) is 13.6. The first-order chi connectivity index (χ1) is 9.06. The van der Waals surface area contributed by atoms with Crippen LogP contribution in [0.5, 0.6) is 0 Å². The lowest BCUT2D eigenvalue weighted by molar-refractivity contribution is 0.426. The number of aromatic nitrogens is 4. The second kappa shape index (κ2) is 4.19. The van der Waals surface area contributed by atoms with Crippen LogP contribution >= 0.6 is 0 Å². The number of rotatable bonds is 2. The van der Waals surface area contributed by atoms with E-state index in [4.69, 9.17) is 4.52 Å². The molecule has 0 aliphatic heterocycles. The zero-order valence-electron chi connectivity index (χ0n) is 11.5. The molecule has 0 atom stereocenters. The van der Waals surface area contributed by atoms with Crippen LogP contribution in [0.1, 0.15) is 31.1 Å². The van der Waals surface area contributed by atoms with Crippen molar-refractivity contribution in [3.05, 3.63) is 29.6 Å². The van der Waals surface area contributed by atoms with Gasteiger partial charge in [0, 0.05) is 12.1 Å². The predicted octanol–water partition coefficient (Wildman–Crippen LogP) is 3.28. The van der Waals surface area contributed by atoms with E-state index in [1.165, 1.54) is 0 Å². The fraction of sp³-hybridized carbons (Fsp3) is 0.357. The van der Waals surface area contributed by atoms with Gasteiger partial charge in [-0.05, 0) is 39.3 Å². The first kappa shape index (κ1) is 11.9. The Bertz CT molecular complexity index is 739. The number of nitrogens with zero attached hydrogens (tertiary/aromatic N) is 4. The minimum absolute atomic E-state index is 0.316. The summed E-state index contributed by atoms with van der Waals surface area (Å²) in [4.78, 5) is 4.61. The van der Waals surface area contributed by atoms with E-state index in [2.05, 4.69) is 36.0 Å². The van der Waals surface area contributed by atoms with Crippen LogP contribution < -0.4 is 0 Å². The molecule has 98 valence electrons. The van der Waals surface area contributed by atoms with Crippen molar-refractivity contribution in [1.29, 1.82) is 0 Å². The summed E-state index contributed by atoms with van der Waals surface area (Å²) in [5, 5.41) is 8.30. The van der Waals surface area contributed by atoms with E-state index >= 15 is 0 Å². The molecule has 0 aromatic carbocycles. The standard InChI is InChI=1S/C14H16N4O/c1-8(2)18-14-9(3)5-11(16-12(14)7-15-18)13-6-10(4)17-19-13/h5-8H,1-4H3. The Morgan fingerprint density at radius 2 is 2.00 bits per heavy atom. The van der Waals surface area contributed by atoms with Gasteiger partial charge in [-0.25, -0.2) is 4.98 Å². The van der Waals surface area contributed by atoms with Gasteiger partial charge in [0.2, 0.25) is 0 Å². The molecule has 0 fully saturated rings. The van der Waals surface area contributed by atoms with Crippen molar-refractivity contribution >= 4 is 11.0 Å². The smallest absolute Gasteiger partial charge is 0.185 e. The van der Waals surface area contributed by atoms with E-state index in [1.54, 1.807) is 6.20 Å². The summed E-state index contributed by atoms with van der Waals surface area (Å²) in [5.74, 6) is 0.694. The Morgan fingerprint density at radius 3 is 2.63 bits per heavy atom. The zero-order valence-corrected chi connectivity index (χ0v) is 11.5. The number of fused-ring (bicyclic) bond motifs is 1. The van der Waals surface area contributed by atoms with Crippen LogP contribution in [0.4, 0.5) is 0 Å². The van der Waals surface area contributed by atoms with E-state index in [-0.39, 0.29) is 0 Å². The molecule has 3 rings (SSSR count). The number of pyridine rings is 1. The van der Waals surface area contributed by atoms with Gasteiger partial charge < -0.3 is 4.52 Å². The Balaban J connectivity index is 2.21. The van der Waals surface area contributed by atoms with Gasteiger partial charge in [0.05, 0.1) is 17.4 Å². The van der Waals surface area contributed by atoms with Crippen LogP contribution in [-0.4, -0.2) is 19.9 Å². The molecule has 0 spiro atoms. The number of hydrogen-bond donors (Lipinski definition) is 0. The monoisotopic (exact) mass is 256 g/mol. The van der Waals surface area contributed by atoms with Gasteiger partial charge in [0.25, 0.3) is 0 Å². The lowest BCUT2D eigenvalue weighted by atomic mass is 10.1. The van der Waals surface area contributed by atoms with Crippen LogP contribution in [0.25, 0.3) is 22.5 Å². The first-order valence-electron chi connectivity index (χ1n) is 6.35. The quantitative estimate of drug-likeness (QED) is 0.706. The summed E-state index contributed by atoms with van der Waals surface area (Å²) in [5.41, 5.74) is 4.76. The maximum absolute atomic E-state index is 5.27. The molecule has 5 heteroatoms. The molecule has 3 heterocycles. The fourth-order valence-corrected chi connectivity index (χ4v) is 2.26. The third-order valence-corrected chi connectivity index (χ3v) is 3.11. The average Bonchev–Trinajstić information content (AvgIpc) is 2.94. The normalized spacial score (nSPS) is 11.6. The fourth-order valence-electron chi connectivity index (χ4n) is 2.26. The number of hydrogen-bond acceptors (Lipinski definition) is 4. The van der Waals surface area contributed by atoms with Gasteiger partial charge >= 0.3 is 0 Å². The Morgan fingerprint density at radius 1 is 1.21 bits per heavy atom. The minimum atomic E-state index is 0.316. The van der Waals surface area contributed by atoms with Crippen molar-refractivity contribution in [3.8, 4) is 11.5 Å². The third kappa shape index (κ3) is 1.91. The highest BCUT2D eigenvalue weighted by molar-refractivity contribution is 5.81. The van der Waals surface area contributed by atoms with Crippen molar-refractivity contribution in [2.45, 2.75) is 33.7 Å². The van der Waals surface area contributed by atoms with Crippen molar-refractivity contribution in [3.63, 3.8) is 0 Å². The molecule has 0 bridgehead atoms. The van der Waals surface area contributed by atoms with E-state index in [1.807, 2.05) is 23.7 Å². The van der Waals surface area contributed by atoms with Crippen LogP contribution in [0, 0.1) is 13.8 Å². The van der Waals surface area contributed by atoms with Crippen LogP contribution in [0.15, 0.2) is 22.9 Å². The lowest BCUT2D eigenvalue weighted by Gasteiger charge is -2.09. The van der Waals surface area contributed by atoms with Crippen molar-refractivity contribution in [2.75, 3.05) is 0 Å². The summed E-state index contributed by atoms with van der Waals surface area (Å²) in [6.45, 7) is 8.19. The average molecular weight is 256 g/mol. The molecule has 0 unspecified atom stereocenters. The Hall–Kier alpha value is -2.17. The Labute approximate surface area is 111 Å². The van der Waals surface area contributed by atoms with Crippen LogP contribution in [-0.2, 0) is 0 Å². The second-order valence-corrected chi connectivity index (χ2v) is 5.07. The Kier molecular flexibility index (Phi) is 2.62. The molecule has 3 aromatic rings. The van der Waals surface area contributed by atoms with Crippen molar-refractivity contribution < 1.29 is 4.52 Å². The number of aryl methyl sites for hydroxylation is 2. The summed E-state index contributed by atoms with van der Waals surface area (Å²) in [7, 11) is 0. The summed E-state index contributed by atoms with van der Waals surface area (Å²) in [6, 6.07) is 4.22. The van der Waals surface area contributed by atoms with Gasteiger partial charge in [0.15, 0.2) is 5.76 Å². The van der Waals surface area contributed by atoms with Gasteiger partial charge in [-0.1, -0.05) is 5.16 Å². The van der Waals surface area contributed by atoms with Crippen molar-refractivity contribution in [2.24, 2.45) is 0 Å². The lowest BCUT2D eigenvalue weighted by Crippen LogP contribution is -2.03. The second-order valence-electron chi connectivity index (χ2n) is 5.07. The highest BCUT2D eigenvalue weighted by Gasteiger charge is 2.14. The van der Waals surface area contributed by atoms with Crippen LogP contribution in [0.2, 0.25) is 0 Å². The third-order valence-electron chi connectivity index (χ3n) is 3.11. The highest BCUT2D eigenvalue weighted by atomic mass is 16.5. The molecular formula is C14H16N4O. The molecular weight excluding hydrogens is 240 g/mol. The maximum atomic E-state index is 5.27. The maximum Gasteiger partial charge on any atom is 0.185 e. The largest absolute Gasteiger partial charge is 0.354 e. The predicted molar refractivity (Wildman–Crippen MR) is 72.9 cm³/mol. The van der Waals surface area contributed by atoms with E-state index in [0.29, 0.717) is 11.8 Å². The van der Waals surface area contributed by atoms with E-state index in [0.717, 1.165) is 28.0 Å². The van der Waals surface area contributed by atoms with Gasteiger partial charge in [-0.15, -0.1) is 0 Å². The SMILES string of the molecule is Cc1cc(-c2cc(C)c3c(cnn3C(C)C)n2)on1. The molecule has 0 radical (unpaired) electrons. The molecule has 0 saturated carbocycles. The van der Waals surface area contributed by atoms with E-state index < -0.39 is 0 Å². The topological polar surface area (TPSA) is 56.7 Å². The molecule has 0 saturated heterocycles. The van der Waals surface area contributed by atoms with E-state index in [9.17, 15) is 0 Å². The summed E-state index contributed by atoms with van der Waals surface area (Å²) < 4.78 is 7.26. The molecule has 0 amide bonds. The molecule has 3 aromatic heterocycles. The summed E-state index contributed by atoms with van der Waals surface area (Å²) >= 11 is 0. The molecule has 0 aliphatic rings. The molecule has 5 nitrogen and oxygen atoms in total. The summed E-state index contributed by atoms with van der Waals surface area (Å²) in [6.07, 6.45) is 1.80.